The molecule has 0 atom stereocenters. The maximum absolute atomic E-state index is 13.2. The van der Waals surface area contributed by atoms with E-state index in [1.807, 2.05) is 5.38 Å². The molecule has 0 saturated carbocycles. The van der Waals surface area contributed by atoms with Gasteiger partial charge in [-0.3, -0.25) is 0 Å². The van der Waals surface area contributed by atoms with Gasteiger partial charge in [0.1, 0.15) is 5.82 Å². The number of hydrogen-bond donors (Lipinski definition) is 0. The van der Waals surface area contributed by atoms with Crippen LogP contribution in [0.2, 0.25) is 5.02 Å². The Labute approximate surface area is 86.1 Å². The normalized spacial score (nSPS) is 10.9. The minimum Gasteiger partial charge on any atom is -0.205 e. The van der Waals surface area contributed by atoms with E-state index >= 15 is 0 Å². The highest BCUT2D eigenvalue weighted by molar-refractivity contribution is 9.10. The SMILES string of the molecule is Fc1cc(Cl)cc2c(Br)csc12. The molecular weight excluding hydrogens is 263 g/mol. The van der Waals surface area contributed by atoms with E-state index in [4.69, 9.17) is 11.6 Å². The second kappa shape index (κ2) is 2.98. The Hall–Kier alpha value is -0.120. The lowest BCUT2D eigenvalue weighted by Gasteiger charge is -1.93. The number of rotatable bonds is 0. The molecule has 0 fully saturated rings. The lowest BCUT2D eigenvalue weighted by molar-refractivity contribution is 0.642. The van der Waals surface area contributed by atoms with Crippen molar-refractivity contribution in [1.82, 2.24) is 0 Å². The van der Waals surface area contributed by atoms with E-state index in [2.05, 4.69) is 15.9 Å². The first kappa shape index (κ1) is 8.48. The van der Waals surface area contributed by atoms with Crippen LogP contribution in [0.4, 0.5) is 4.39 Å². The maximum atomic E-state index is 13.2. The molecule has 0 unspecified atom stereocenters. The zero-order valence-corrected chi connectivity index (χ0v) is 8.93. The largest absolute Gasteiger partial charge is 0.205 e. The summed E-state index contributed by atoms with van der Waals surface area (Å²) in [5.41, 5.74) is 0. The third kappa shape index (κ3) is 1.26. The van der Waals surface area contributed by atoms with Crippen LogP contribution in [0.5, 0.6) is 0 Å². The van der Waals surface area contributed by atoms with Crippen molar-refractivity contribution in [1.29, 1.82) is 0 Å². The van der Waals surface area contributed by atoms with E-state index in [1.54, 1.807) is 6.07 Å². The zero-order chi connectivity index (χ0) is 8.72. The first-order chi connectivity index (χ1) is 5.68. The lowest BCUT2D eigenvalue weighted by atomic mass is 10.2. The fourth-order valence-corrected chi connectivity index (χ4v) is 2.78. The lowest BCUT2D eigenvalue weighted by Crippen LogP contribution is -1.73. The topological polar surface area (TPSA) is 0 Å². The van der Waals surface area contributed by atoms with Crippen molar-refractivity contribution in [2.75, 3.05) is 0 Å². The second-order valence-corrected chi connectivity index (χ2v) is 4.52. The monoisotopic (exact) mass is 264 g/mol. The van der Waals surface area contributed by atoms with Gasteiger partial charge in [-0.05, 0) is 28.1 Å². The van der Waals surface area contributed by atoms with Gasteiger partial charge in [0.15, 0.2) is 0 Å². The molecule has 0 nitrogen and oxygen atoms in total. The van der Waals surface area contributed by atoms with E-state index < -0.39 is 0 Å². The minimum absolute atomic E-state index is 0.256. The Balaban J connectivity index is 2.92. The van der Waals surface area contributed by atoms with Gasteiger partial charge in [-0.2, -0.15) is 0 Å². The van der Waals surface area contributed by atoms with Crippen LogP contribution in [0.25, 0.3) is 10.1 Å². The Kier molecular flexibility index (Phi) is 2.10. The first-order valence-corrected chi connectivity index (χ1v) is 5.25. The molecule has 1 heterocycles. The third-order valence-corrected chi connectivity index (χ3v) is 3.73. The van der Waals surface area contributed by atoms with Crippen LogP contribution in [0.3, 0.4) is 0 Å². The molecule has 12 heavy (non-hydrogen) atoms. The summed E-state index contributed by atoms with van der Waals surface area (Å²) in [6, 6.07) is 3.08. The van der Waals surface area contributed by atoms with Gasteiger partial charge in [-0.25, -0.2) is 4.39 Å². The summed E-state index contributed by atoms with van der Waals surface area (Å²) < 4.78 is 14.7. The molecule has 2 aromatic rings. The van der Waals surface area contributed by atoms with Gasteiger partial charge >= 0.3 is 0 Å². The molecule has 62 valence electrons. The van der Waals surface area contributed by atoms with Gasteiger partial charge in [-0.15, -0.1) is 11.3 Å². The van der Waals surface area contributed by atoms with Crippen molar-refractivity contribution in [3.63, 3.8) is 0 Å². The van der Waals surface area contributed by atoms with Gasteiger partial charge < -0.3 is 0 Å². The molecule has 0 aliphatic rings. The molecule has 0 spiro atoms. The molecule has 0 amide bonds. The Morgan fingerprint density at radius 1 is 1.42 bits per heavy atom. The molecule has 0 radical (unpaired) electrons. The molecule has 0 saturated heterocycles. The van der Waals surface area contributed by atoms with Crippen LogP contribution in [-0.2, 0) is 0 Å². The van der Waals surface area contributed by atoms with Crippen molar-refractivity contribution in [2.45, 2.75) is 0 Å². The number of hydrogen-bond acceptors (Lipinski definition) is 1. The number of fused-ring (bicyclic) bond motifs is 1. The summed E-state index contributed by atoms with van der Waals surface area (Å²) in [7, 11) is 0. The molecule has 0 N–H and O–H groups in total. The predicted octanol–water partition coefficient (Wildman–Crippen LogP) is 4.46. The van der Waals surface area contributed by atoms with Crippen LogP contribution in [0, 0.1) is 5.82 Å². The van der Waals surface area contributed by atoms with E-state index in [0.717, 1.165) is 9.86 Å². The van der Waals surface area contributed by atoms with Gasteiger partial charge in [0, 0.05) is 20.3 Å². The van der Waals surface area contributed by atoms with Crippen molar-refractivity contribution < 1.29 is 4.39 Å². The average molecular weight is 266 g/mol. The van der Waals surface area contributed by atoms with Crippen molar-refractivity contribution in [3.8, 4) is 0 Å². The summed E-state index contributed by atoms with van der Waals surface area (Å²) in [6.07, 6.45) is 0. The average Bonchev–Trinajstić information content (AvgIpc) is 2.33. The first-order valence-electron chi connectivity index (χ1n) is 3.20. The number of benzene rings is 1. The quantitative estimate of drug-likeness (QED) is 0.660. The van der Waals surface area contributed by atoms with E-state index in [-0.39, 0.29) is 5.82 Å². The smallest absolute Gasteiger partial charge is 0.142 e. The van der Waals surface area contributed by atoms with E-state index in [1.165, 1.54) is 17.4 Å². The molecule has 4 heteroatoms. The summed E-state index contributed by atoms with van der Waals surface area (Å²) in [5.74, 6) is -0.256. The van der Waals surface area contributed by atoms with Crippen molar-refractivity contribution >= 4 is 49.0 Å². The molecule has 1 aromatic heterocycles. The van der Waals surface area contributed by atoms with Gasteiger partial charge in [0.05, 0.1) is 4.70 Å². The number of thiophene rings is 1. The summed E-state index contributed by atoms with van der Waals surface area (Å²) in [6.45, 7) is 0. The third-order valence-electron chi connectivity index (χ3n) is 1.55. The summed E-state index contributed by atoms with van der Waals surface area (Å²) in [5, 5.41) is 3.12. The molecule has 0 bridgehead atoms. The Bertz CT molecular complexity index is 438. The molecule has 0 aliphatic carbocycles. The fourth-order valence-electron chi connectivity index (χ4n) is 1.03. The number of halogens is 3. The van der Waals surface area contributed by atoms with Crippen molar-refractivity contribution in [3.05, 3.63) is 32.8 Å². The molecular formula is C8H3BrClFS. The highest BCUT2D eigenvalue weighted by Crippen LogP contribution is 2.34. The minimum atomic E-state index is -0.256. The second-order valence-electron chi connectivity index (χ2n) is 2.35. The van der Waals surface area contributed by atoms with Gasteiger partial charge in [0.2, 0.25) is 0 Å². The fraction of sp³-hybridized carbons (Fsp3) is 0. The van der Waals surface area contributed by atoms with E-state index in [0.29, 0.717) is 9.72 Å². The van der Waals surface area contributed by atoms with Crippen LogP contribution >= 0.6 is 38.9 Å². The van der Waals surface area contributed by atoms with E-state index in [9.17, 15) is 4.39 Å². The maximum Gasteiger partial charge on any atom is 0.142 e. The van der Waals surface area contributed by atoms with Crippen LogP contribution in [0.15, 0.2) is 22.0 Å². The highest BCUT2D eigenvalue weighted by atomic mass is 79.9. The summed E-state index contributed by atoms with van der Waals surface area (Å²) >= 11 is 10.4. The molecule has 0 aliphatic heterocycles. The zero-order valence-electron chi connectivity index (χ0n) is 5.77. The van der Waals surface area contributed by atoms with Crippen LogP contribution in [-0.4, -0.2) is 0 Å². The standard InChI is InChI=1S/C8H3BrClFS/c9-6-3-12-8-5(6)1-4(10)2-7(8)11/h1-3H. The molecule has 1 aromatic carbocycles. The Morgan fingerprint density at radius 3 is 2.92 bits per heavy atom. The Morgan fingerprint density at radius 2 is 2.17 bits per heavy atom. The van der Waals surface area contributed by atoms with Crippen molar-refractivity contribution in [2.24, 2.45) is 0 Å². The van der Waals surface area contributed by atoms with Gasteiger partial charge in [-0.1, -0.05) is 11.6 Å². The predicted molar refractivity (Wildman–Crippen MR) is 54.5 cm³/mol. The molecule has 2 rings (SSSR count). The van der Waals surface area contributed by atoms with Gasteiger partial charge in [0.25, 0.3) is 0 Å². The van der Waals surface area contributed by atoms with Crippen LogP contribution < -0.4 is 0 Å². The van der Waals surface area contributed by atoms with Crippen LogP contribution in [0.1, 0.15) is 0 Å². The summed E-state index contributed by atoms with van der Waals surface area (Å²) in [4.78, 5) is 0. The highest BCUT2D eigenvalue weighted by Gasteiger charge is 2.07.